The Balaban J connectivity index is 3.05. The van der Waals surface area contributed by atoms with Crippen LogP contribution in [0.4, 0.5) is 11.6 Å². The first-order valence-electron chi connectivity index (χ1n) is 7.30. The van der Waals surface area contributed by atoms with Crippen molar-refractivity contribution in [2.24, 2.45) is 5.92 Å². The van der Waals surface area contributed by atoms with E-state index in [0.29, 0.717) is 17.9 Å². The Kier molecular flexibility index (Phi) is 6.20. The van der Waals surface area contributed by atoms with E-state index < -0.39 is 0 Å². The third-order valence-corrected chi connectivity index (χ3v) is 3.39. The first-order valence-corrected chi connectivity index (χ1v) is 7.30. The lowest BCUT2D eigenvalue weighted by molar-refractivity contribution is 0.344. The maximum absolute atomic E-state index is 4.46. The van der Waals surface area contributed by atoms with Gasteiger partial charge in [-0.15, -0.1) is 0 Å². The third-order valence-electron chi connectivity index (χ3n) is 3.39. The number of nitrogens with one attached hydrogen (secondary N) is 2. The summed E-state index contributed by atoms with van der Waals surface area (Å²) in [6, 6.07) is 0.363. The molecule has 0 bridgehead atoms. The van der Waals surface area contributed by atoms with Crippen molar-refractivity contribution in [2.45, 2.75) is 39.7 Å². The van der Waals surface area contributed by atoms with Crippen molar-refractivity contribution in [3.05, 3.63) is 11.9 Å². The predicted molar refractivity (Wildman–Crippen MR) is 86.5 cm³/mol. The molecule has 114 valence electrons. The Morgan fingerprint density at radius 2 is 1.70 bits per heavy atom. The minimum absolute atomic E-state index is 0.363. The maximum atomic E-state index is 4.46. The van der Waals surface area contributed by atoms with Crippen molar-refractivity contribution >= 4 is 11.6 Å². The molecular weight excluding hydrogens is 250 g/mol. The lowest BCUT2D eigenvalue weighted by atomic mass is 10.0. The van der Waals surface area contributed by atoms with Gasteiger partial charge in [-0.1, -0.05) is 27.7 Å². The van der Waals surface area contributed by atoms with E-state index in [2.05, 4.69) is 67.3 Å². The maximum Gasteiger partial charge on any atom is 0.135 e. The molecular formula is C15H29N5. The highest BCUT2D eigenvalue weighted by atomic mass is 15.1. The molecule has 0 fully saturated rings. The van der Waals surface area contributed by atoms with Crippen LogP contribution in [0.5, 0.6) is 0 Å². The van der Waals surface area contributed by atoms with Crippen molar-refractivity contribution < 1.29 is 0 Å². The average Bonchev–Trinajstić information content (AvgIpc) is 2.36. The number of likely N-dealkylation sites (N-methyl/N-ethyl adjacent to an activating group) is 1. The number of aromatic nitrogens is 2. The first-order chi connectivity index (χ1) is 9.36. The fourth-order valence-electron chi connectivity index (χ4n) is 2.25. The molecule has 1 heterocycles. The number of hydrogen-bond donors (Lipinski definition) is 2. The zero-order valence-corrected chi connectivity index (χ0v) is 13.9. The van der Waals surface area contributed by atoms with E-state index in [0.717, 1.165) is 23.7 Å². The van der Waals surface area contributed by atoms with Gasteiger partial charge in [0.05, 0.1) is 0 Å². The van der Waals surface area contributed by atoms with Crippen LogP contribution in [0.3, 0.4) is 0 Å². The Morgan fingerprint density at radius 1 is 1.10 bits per heavy atom. The van der Waals surface area contributed by atoms with E-state index in [1.165, 1.54) is 0 Å². The van der Waals surface area contributed by atoms with Gasteiger partial charge in [0.2, 0.25) is 0 Å². The normalized spacial score (nSPS) is 13.1. The number of hydrogen-bond acceptors (Lipinski definition) is 5. The van der Waals surface area contributed by atoms with Gasteiger partial charge in [0.25, 0.3) is 0 Å². The molecule has 0 aromatic carbocycles. The third kappa shape index (κ3) is 4.34. The minimum Gasteiger partial charge on any atom is -0.373 e. The fraction of sp³-hybridized carbons (Fsp3) is 0.733. The van der Waals surface area contributed by atoms with Gasteiger partial charge in [0.1, 0.15) is 18.0 Å². The summed E-state index contributed by atoms with van der Waals surface area (Å²) in [6.07, 6.45) is 1.62. The first kappa shape index (κ1) is 16.7. The topological polar surface area (TPSA) is 53.1 Å². The van der Waals surface area contributed by atoms with Gasteiger partial charge in [-0.25, -0.2) is 9.97 Å². The van der Waals surface area contributed by atoms with E-state index >= 15 is 0 Å². The van der Waals surface area contributed by atoms with Crippen LogP contribution in [0.2, 0.25) is 0 Å². The van der Waals surface area contributed by atoms with Crippen LogP contribution in [0.25, 0.3) is 0 Å². The molecule has 1 aromatic rings. The highest BCUT2D eigenvalue weighted by molar-refractivity contribution is 5.59. The standard InChI is InChI=1S/C15H29N5/c1-10(2)12(8-20(6)7)19-15-13(11(3)4)14(16-5)17-9-18-15/h9-12H,8H2,1-7H3,(H2,16,17,18,19). The molecule has 1 aromatic heterocycles. The van der Waals surface area contributed by atoms with Crippen LogP contribution in [-0.2, 0) is 0 Å². The van der Waals surface area contributed by atoms with Gasteiger partial charge in [-0.3, -0.25) is 0 Å². The second-order valence-corrected chi connectivity index (χ2v) is 6.15. The molecule has 1 atom stereocenters. The summed E-state index contributed by atoms with van der Waals surface area (Å²) in [5.41, 5.74) is 1.15. The van der Waals surface area contributed by atoms with Gasteiger partial charge in [-0.05, 0) is 25.9 Å². The Labute approximate surface area is 123 Å². The molecule has 1 rings (SSSR count). The molecule has 0 aliphatic rings. The van der Waals surface area contributed by atoms with Gasteiger partial charge < -0.3 is 15.5 Å². The fourth-order valence-corrected chi connectivity index (χ4v) is 2.25. The molecule has 1 unspecified atom stereocenters. The smallest absolute Gasteiger partial charge is 0.135 e. The highest BCUT2D eigenvalue weighted by Gasteiger charge is 2.19. The monoisotopic (exact) mass is 279 g/mol. The molecule has 2 N–H and O–H groups in total. The molecule has 0 saturated heterocycles. The largest absolute Gasteiger partial charge is 0.373 e. The summed E-state index contributed by atoms with van der Waals surface area (Å²) >= 11 is 0. The molecule has 0 saturated carbocycles. The van der Waals surface area contributed by atoms with E-state index in [1.807, 2.05) is 7.05 Å². The van der Waals surface area contributed by atoms with Crippen LogP contribution in [0.15, 0.2) is 6.33 Å². The van der Waals surface area contributed by atoms with Crippen molar-refractivity contribution in [1.29, 1.82) is 0 Å². The SMILES string of the molecule is CNc1ncnc(NC(CN(C)C)C(C)C)c1C(C)C. The molecule has 0 amide bonds. The minimum atomic E-state index is 0.363. The van der Waals surface area contributed by atoms with Crippen LogP contribution in [0.1, 0.15) is 39.2 Å². The molecule has 20 heavy (non-hydrogen) atoms. The summed E-state index contributed by atoms with van der Waals surface area (Å²) in [6.45, 7) is 9.78. The quantitative estimate of drug-likeness (QED) is 0.803. The van der Waals surface area contributed by atoms with Crippen molar-refractivity contribution in [2.75, 3.05) is 38.3 Å². The Morgan fingerprint density at radius 3 is 2.15 bits per heavy atom. The molecule has 0 aliphatic carbocycles. The van der Waals surface area contributed by atoms with E-state index in [9.17, 15) is 0 Å². The second kappa shape index (κ2) is 7.43. The highest BCUT2D eigenvalue weighted by Crippen LogP contribution is 2.29. The van der Waals surface area contributed by atoms with Crippen LogP contribution in [0, 0.1) is 5.92 Å². The van der Waals surface area contributed by atoms with E-state index in [-0.39, 0.29) is 0 Å². The lowest BCUT2D eigenvalue weighted by Crippen LogP contribution is -2.37. The molecule has 5 heteroatoms. The summed E-state index contributed by atoms with van der Waals surface area (Å²) in [7, 11) is 6.09. The molecule has 0 aliphatic heterocycles. The summed E-state index contributed by atoms with van der Waals surface area (Å²) in [5, 5.41) is 6.76. The Bertz CT molecular complexity index is 415. The van der Waals surface area contributed by atoms with Crippen LogP contribution >= 0.6 is 0 Å². The van der Waals surface area contributed by atoms with Crippen LogP contribution in [-0.4, -0.2) is 48.6 Å². The Hall–Kier alpha value is -1.36. The number of rotatable bonds is 7. The van der Waals surface area contributed by atoms with Gasteiger partial charge in [-0.2, -0.15) is 0 Å². The molecule has 5 nitrogen and oxygen atoms in total. The van der Waals surface area contributed by atoms with E-state index in [4.69, 9.17) is 0 Å². The van der Waals surface area contributed by atoms with Crippen molar-refractivity contribution in [3.63, 3.8) is 0 Å². The lowest BCUT2D eigenvalue weighted by Gasteiger charge is -2.28. The second-order valence-electron chi connectivity index (χ2n) is 6.15. The summed E-state index contributed by atoms with van der Waals surface area (Å²) in [5.74, 6) is 2.75. The molecule has 0 spiro atoms. The average molecular weight is 279 g/mol. The van der Waals surface area contributed by atoms with Crippen molar-refractivity contribution in [1.82, 2.24) is 14.9 Å². The number of nitrogens with zero attached hydrogens (tertiary/aromatic N) is 3. The van der Waals surface area contributed by atoms with Crippen LogP contribution < -0.4 is 10.6 Å². The number of anilines is 2. The predicted octanol–water partition coefficient (Wildman–Crippen LogP) is 2.64. The molecule has 0 radical (unpaired) electrons. The van der Waals surface area contributed by atoms with Gasteiger partial charge in [0.15, 0.2) is 0 Å². The zero-order chi connectivity index (χ0) is 15.3. The summed E-state index contributed by atoms with van der Waals surface area (Å²) < 4.78 is 0. The van der Waals surface area contributed by atoms with Gasteiger partial charge >= 0.3 is 0 Å². The van der Waals surface area contributed by atoms with Crippen molar-refractivity contribution in [3.8, 4) is 0 Å². The zero-order valence-electron chi connectivity index (χ0n) is 13.9. The summed E-state index contributed by atoms with van der Waals surface area (Å²) in [4.78, 5) is 11.0. The van der Waals surface area contributed by atoms with E-state index in [1.54, 1.807) is 6.33 Å². The van der Waals surface area contributed by atoms with Gasteiger partial charge in [0, 0.05) is 25.2 Å².